The molecule has 0 aliphatic carbocycles. The molecule has 9 nitrogen and oxygen atoms in total. The molecule has 0 bridgehead atoms. The van der Waals surface area contributed by atoms with Crippen LogP contribution in [-0.4, -0.2) is 60.1 Å². The van der Waals surface area contributed by atoms with Gasteiger partial charge in [0.15, 0.2) is 0 Å². The average molecular weight is 412 g/mol. The van der Waals surface area contributed by atoms with E-state index in [1.807, 2.05) is 4.90 Å². The maximum Gasteiger partial charge on any atom is 0.435 e. The van der Waals surface area contributed by atoms with Gasteiger partial charge < -0.3 is 10.5 Å². The van der Waals surface area contributed by atoms with Crippen LogP contribution in [0.2, 0.25) is 0 Å². The van der Waals surface area contributed by atoms with Gasteiger partial charge in [0.2, 0.25) is 0 Å². The number of nitrogens with one attached hydrogen (secondary N) is 1. The number of carbonyl (C=O) groups is 1. The Morgan fingerprint density at radius 3 is 2.87 bits per heavy atom. The number of pyridine rings is 1. The largest absolute Gasteiger partial charge is 0.487 e. The lowest BCUT2D eigenvalue weighted by Crippen LogP contribution is -2.32. The van der Waals surface area contributed by atoms with Gasteiger partial charge in [-0.2, -0.15) is 4.85 Å². The number of guanidine groups is 1. The van der Waals surface area contributed by atoms with E-state index in [-0.39, 0.29) is 29.3 Å². The van der Waals surface area contributed by atoms with Gasteiger partial charge in [-0.05, 0) is 18.2 Å². The summed E-state index contributed by atoms with van der Waals surface area (Å²) in [6, 6.07) is 8.22. The Morgan fingerprint density at radius 1 is 1.40 bits per heavy atom. The summed E-state index contributed by atoms with van der Waals surface area (Å²) in [6.45, 7) is 1.15. The zero-order valence-corrected chi connectivity index (χ0v) is 16.7. The highest BCUT2D eigenvalue weighted by Crippen LogP contribution is 2.29. The Kier molecular flexibility index (Phi) is 6.32. The van der Waals surface area contributed by atoms with E-state index in [1.54, 1.807) is 43.3 Å². The van der Waals surface area contributed by atoms with Gasteiger partial charge in [0.1, 0.15) is 23.5 Å². The highest BCUT2D eigenvalue weighted by atomic mass is 19.1. The van der Waals surface area contributed by atoms with Gasteiger partial charge in [0.25, 0.3) is 6.19 Å². The standard InChI is InChI=1S/C20H22FN7O2/c1-26(2)19(22)25-13-27-8-6-16(12-27)30-17-10-14(21)9-15(11-17)28(20(23)29)18-5-3-4-7-24-18/h3-5,7,9-11,16,22H,6,8,12H2,1-2H3,(H-,23,29)/p+1/t16-/m0/s1. The fraction of sp³-hybridized carbons (Fsp3) is 0.300. The van der Waals surface area contributed by atoms with E-state index in [0.29, 0.717) is 19.5 Å². The molecular formula is C20H23FN7O2+. The number of nitrogens with zero attached hydrogens (tertiary/aromatic N) is 5. The Bertz CT molecular complexity index is 988. The molecule has 0 unspecified atom stereocenters. The minimum absolute atomic E-state index is 0.0928. The molecule has 0 saturated carbocycles. The van der Waals surface area contributed by atoms with Gasteiger partial charge in [-0.1, -0.05) is 6.07 Å². The molecule has 1 aliphatic rings. The van der Waals surface area contributed by atoms with Gasteiger partial charge in [0, 0.05) is 38.8 Å². The van der Waals surface area contributed by atoms with Crippen molar-refractivity contribution in [2.75, 3.05) is 32.1 Å². The Labute approximate surface area is 173 Å². The van der Waals surface area contributed by atoms with Crippen LogP contribution in [0.5, 0.6) is 5.75 Å². The quantitative estimate of drug-likeness (QED) is 0.457. The fourth-order valence-corrected chi connectivity index (χ4v) is 2.93. The first kappa shape index (κ1) is 20.9. The molecule has 30 heavy (non-hydrogen) atoms. The lowest BCUT2D eigenvalue weighted by molar-refractivity contribution is 0.212. The molecule has 1 aliphatic heterocycles. The number of benzene rings is 1. The van der Waals surface area contributed by atoms with Crippen molar-refractivity contribution in [3.63, 3.8) is 0 Å². The molecule has 3 N–H and O–H groups in total. The van der Waals surface area contributed by atoms with E-state index in [0.717, 1.165) is 4.90 Å². The predicted molar refractivity (Wildman–Crippen MR) is 112 cm³/mol. The monoisotopic (exact) mass is 412 g/mol. The normalized spacial score (nSPS) is 15.2. The first-order valence-electron chi connectivity index (χ1n) is 9.28. The van der Waals surface area contributed by atoms with Crippen molar-refractivity contribution in [3.8, 4) is 11.9 Å². The lowest BCUT2D eigenvalue weighted by Gasteiger charge is -2.21. The van der Waals surface area contributed by atoms with Crippen LogP contribution in [0.3, 0.4) is 0 Å². The number of aromatic nitrogens is 1. The van der Waals surface area contributed by atoms with Crippen LogP contribution in [0.1, 0.15) is 6.42 Å². The molecule has 2 heterocycles. The summed E-state index contributed by atoms with van der Waals surface area (Å²) in [7, 11) is 3.45. The van der Waals surface area contributed by atoms with Crippen molar-refractivity contribution in [2.24, 2.45) is 5.73 Å². The van der Waals surface area contributed by atoms with Gasteiger partial charge in [-0.3, -0.25) is 9.80 Å². The number of hydrogen-bond acceptors (Lipinski definition) is 5. The van der Waals surface area contributed by atoms with Crippen molar-refractivity contribution in [3.05, 3.63) is 53.3 Å². The second-order valence-electron chi connectivity index (χ2n) is 6.91. The van der Waals surface area contributed by atoms with Crippen LogP contribution in [0.4, 0.5) is 20.7 Å². The van der Waals surface area contributed by atoms with Crippen molar-refractivity contribution < 1.29 is 13.9 Å². The SMILES string of the molecule is CN(C)C(=N)[N+]#CN1CC[C@H](Oc2cc(F)cc(N(C(N)=O)c3ccccn3)c2)C1. The molecule has 1 aromatic heterocycles. The second kappa shape index (κ2) is 9.09. The molecule has 10 heteroatoms. The minimum Gasteiger partial charge on any atom is -0.487 e. The number of rotatable bonds is 4. The van der Waals surface area contributed by atoms with E-state index in [4.69, 9.17) is 15.9 Å². The third kappa shape index (κ3) is 5.14. The second-order valence-corrected chi connectivity index (χ2v) is 6.91. The number of anilines is 2. The zero-order chi connectivity index (χ0) is 21.7. The fourth-order valence-electron chi connectivity index (χ4n) is 2.93. The van der Waals surface area contributed by atoms with E-state index < -0.39 is 11.8 Å². The van der Waals surface area contributed by atoms with Crippen molar-refractivity contribution in [1.29, 1.82) is 5.41 Å². The van der Waals surface area contributed by atoms with Crippen molar-refractivity contribution in [1.82, 2.24) is 14.8 Å². The van der Waals surface area contributed by atoms with E-state index in [2.05, 4.69) is 16.0 Å². The van der Waals surface area contributed by atoms with Crippen LogP contribution >= 0.6 is 0 Å². The molecule has 1 fully saturated rings. The molecule has 0 spiro atoms. The summed E-state index contributed by atoms with van der Waals surface area (Å²) in [4.78, 5) is 24.5. The van der Waals surface area contributed by atoms with E-state index >= 15 is 0 Å². The van der Waals surface area contributed by atoms with Gasteiger partial charge >= 0.3 is 12.0 Å². The van der Waals surface area contributed by atoms with Crippen LogP contribution in [0.15, 0.2) is 42.6 Å². The van der Waals surface area contributed by atoms with Gasteiger partial charge in [0.05, 0.1) is 18.8 Å². The van der Waals surface area contributed by atoms with E-state index in [9.17, 15) is 9.18 Å². The summed E-state index contributed by atoms with van der Waals surface area (Å²) in [5, 5.41) is 7.68. The number of amides is 2. The summed E-state index contributed by atoms with van der Waals surface area (Å²) < 4.78 is 20.2. The molecular weight excluding hydrogens is 389 g/mol. The highest BCUT2D eigenvalue weighted by molar-refractivity contribution is 5.97. The Balaban J connectivity index is 1.75. The number of likely N-dealkylation sites (tertiary alicyclic amines) is 1. The summed E-state index contributed by atoms with van der Waals surface area (Å²) in [6.07, 6.45) is 4.80. The first-order valence-corrected chi connectivity index (χ1v) is 9.28. The molecule has 1 atom stereocenters. The number of primary amides is 1. The maximum absolute atomic E-state index is 14.3. The molecule has 3 rings (SSSR count). The molecule has 0 radical (unpaired) electrons. The first-order chi connectivity index (χ1) is 14.3. The third-order valence-corrected chi connectivity index (χ3v) is 4.38. The molecule has 2 aromatic rings. The number of nitrogens with two attached hydrogens (primary N) is 1. The summed E-state index contributed by atoms with van der Waals surface area (Å²) in [5.74, 6) is 0.0852. The van der Waals surface area contributed by atoms with Crippen molar-refractivity contribution in [2.45, 2.75) is 12.5 Å². The number of urea groups is 1. The van der Waals surface area contributed by atoms with Crippen LogP contribution in [-0.2, 0) is 0 Å². The molecule has 1 saturated heterocycles. The summed E-state index contributed by atoms with van der Waals surface area (Å²) in [5.41, 5.74) is 5.72. The summed E-state index contributed by atoms with van der Waals surface area (Å²) >= 11 is 0. The van der Waals surface area contributed by atoms with Crippen molar-refractivity contribution >= 4 is 23.5 Å². The van der Waals surface area contributed by atoms with Gasteiger partial charge in [-0.25, -0.2) is 19.1 Å². The minimum atomic E-state index is -0.786. The van der Waals surface area contributed by atoms with E-state index in [1.165, 1.54) is 18.3 Å². The smallest absolute Gasteiger partial charge is 0.435 e. The zero-order valence-electron chi connectivity index (χ0n) is 16.7. The number of hydrogen-bond donors (Lipinski definition) is 2. The topological polar surface area (TPSA) is 103 Å². The van der Waals surface area contributed by atoms with Crippen LogP contribution in [0, 0.1) is 17.4 Å². The predicted octanol–water partition coefficient (Wildman–Crippen LogP) is 2.68. The maximum atomic E-state index is 14.3. The number of ether oxygens (including phenoxy) is 1. The highest BCUT2D eigenvalue weighted by Gasteiger charge is 2.27. The molecule has 2 amide bonds. The number of carbonyl (C=O) groups excluding carboxylic acids is 1. The van der Waals surface area contributed by atoms with Crippen LogP contribution < -0.4 is 15.4 Å². The third-order valence-electron chi connectivity index (χ3n) is 4.38. The Hall–Kier alpha value is -3.87. The molecule has 156 valence electrons. The lowest BCUT2D eigenvalue weighted by atomic mass is 10.2. The average Bonchev–Trinajstić information content (AvgIpc) is 3.13. The molecule has 1 aromatic carbocycles. The Morgan fingerprint density at radius 2 is 2.20 bits per heavy atom. The number of halogens is 1. The van der Waals surface area contributed by atoms with Gasteiger partial charge in [-0.15, -0.1) is 5.41 Å². The van der Waals surface area contributed by atoms with Crippen LogP contribution in [0.25, 0.3) is 4.85 Å².